The standard InChI is InChI=1S/C39H37N/c1-38(2,3)30-18-14-24(15-19-30)33-22-28-12-13-29(23-34(28)40-33)37(39(4,5)6)32-21-17-27-11-10-25-8-7-9-26-16-20-31(32)36(27)35(25)26/h7-23,37,40H,1-6H3. The number of aromatic nitrogens is 1. The molecular weight excluding hydrogens is 482 g/mol. The van der Waals surface area contributed by atoms with Gasteiger partial charge in [0, 0.05) is 22.5 Å². The monoisotopic (exact) mass is 519 g/mol. The Bertz CT molecular complexity index is 1990. The van der Waals surface area contributed by atoms with Crippen LogP contribution in [0.5, 0.6) is 0 Å². The predicted molar refractivity (Wildman–Crippen MR) is 174 cm³/mol. The first kappa shape index (κ1) is 24.9. The van der Waals surface area contributed by atoms with Gasteiger partial charge < -0.3 is 4.98 Å². The van der Waals surface area contributed by atoms with Crippen LogP contribution in [-0.4, -0.2) is 4.98 Å². The third kappa shape index (κ3) is 3.99. The predicted octanol–water partition coefficient (Wildman–Crippen LogP) is 11.2. The summed E-state index contributed by atoms with van der Waals surface area (Å²) in [6.45, 7) is 13.9. The summed E-state index contributed by atoms with van der Waals surface area (Å²) in [6.07, 6.45) is 0. The fourth-order valence-corrected chi connectivity index (χ4v) is 6.79. The Hall–Kier alpha value is -4.10. The second-order valence-corrected chi connectivity index (χ2v) is 13.7. The van der Waals surface area contributed by atoms with E-state index >= 15 is 0 Å². The highest BCUT2D eigenvalue weighted by molar-refractivity contribution is 6.23. The molecule has 0 fully saturated rings. The van der Waals surface area contributed by atoms with E-state index in [-0.39, 0.29) is 16.7 Å². The van der Waals surface area contributed by atoms with E-state index in [0.29, 0.717) is 0 Å². The Labute approximate surface area is 237 Å². The SMILES string of the molecule is CC(C)(C)c1ccc(-c2cc3ccc(C(c4ccc5ccc6cccc7ccc4c5c67)C(C)(C)C)cc3[nH]2)cc1. The van der Waals surface area contributed by atoms with Gasteiger partial charge in [-0.3, -0.25) is 0 Å². The molecule has 40 heavy (non-hydrogen) atoms. The third-order valence-corrected chi connectivity index (χ3v) is 8.78. The number of benzene rings is 6. The van der Waals surface area contributed by atoms with Crippen molar-refractivity contribution in [2.45, 2.75) is 52.9 Å². The maximum absolute atomic E-state index is 3.75. The average Bonchev–Trinajstić information content (AvgIpc) is 3.35. The number of nitrogens with one attached hydrogen (secondary N) is 1. The van der Waals surface area contributed by atoms with Crippen LogP contribution in [0.2, 0.25) is 0 Å². The Morgan fingerprint density at radius 1 is 0.575 bits per heavy atom. The van der Waals surface area contributed by atoms with E-state index in [1.54, 1.807) is 0 Å². The van der Waals surface area contributed by atoms with Crippen LogP contribution in [0.15, 0.2) is 103 Å². The number of aromatic amines is 1. The molecule has 0 saturated carbocycles. The van der Waals surface area contributed by atoms with Crippen molar-refractivity contribution in [3.63, 3.8) is 0 Å². The van der Waals surface area contributed by atoms with Crippen molar-refractivity contribution in [3.05, 3.63) is 120 Å². The minimum absolute atomic E-state index is 0.0365. The molecule has 198 valence electrons. The molecule has 1 aromatic heterocycles. The highest BCUT2D eigenvalue weighted by atomic mass is 14.7. The van der Waals surface area contributed by atoms with E-state index in [0.717, 1.165) is 0 Å². The molecule has 0 saturated heterocycles. The van der Waals surface area contributed by atoms with Crippen LogP contribution in [0.3, 0.4) is 0 Å². The van der Waals surface area contributed by atoms with E-state index in [1.807, 2.05) is 0 Å². The fraction of sp³-hybridized carbons (Fsp3) is 0.231. The van der Waals surface area contributed by atoms with Crippen LogP contribution in [0.25, 0.3) is 54.5 Å². The van der Waals surface area contributed by atoms with E-state index in [9.17, 15) is 0 Å². The summed E-state index contributed by atoms with van der Waals surface area (Å²) in [5.74, 6) is 0.249. The van der Waals surface area contributed by atoms with Crippen LogP contribution >= 0.6 is 0 Å². The van der Waals surface area contributed by atoms with Crippen molar-refractivity contribution in [2.75, 3.05) is 0 Å². The first-order valence-corrected chi connectivity index (χ1v) is 14.5. The van der Waals surface area contributed by atoms with Gasteiger partial charge in [-0.1, -0.05) is 133 Å². The maximum Gasteiger partial charge on any atom is 0.0464 e. The molecule has 7 aromatic rings. The molecule has 0 spiro atoms. The number of H-pyrrole nitrogens is 1. The Morgan fingerprint density at radius 2 is 1.20 bits per heavy atom. The quantitative estimate of drug-likeness (QED) is 0.223. The van der Waals surface area contributed by atoms with Crippen LogP contribution in [0, 0.1) is 5.41 Å². The van der Waals surface area contributed by atoms with Gasteiger partial charge in [0.15, 0.2) is 0 Å². The largest absolute Gasteiger partial charge is 0.355 e. The lowest BCUT2D eigenvalue weighted by atomic mass is 9.71. The second kappa shape index (κ2) is 8.70. The lowest BCUT2D eigenvalue weighted by molar-refractivity contribution is 0.360. The van der Waals surface area contributed by atoms with Gasteiger partial charge in [0.25, 0.3) is 0 Å². The highest BCUT2D eigenvalue weighted by Gasteiger charge is 2.30. The summed E-state index contributed by atoms with van der Waals surface area (Å²) in [7, 11) is 0. The zero-order valence-electron chi connectivity index (χ0n) is 24.4. The molecule has 0 radical (unpaired) electrons. The van der Waals surface area contributed by atoms with Gasteiger partial charge in [0.05, 0.1) is 0 Å². The molecule has 1 heterocycles. The van der Waals surface area contributed by atoms with Gasteiger partial charge in [-0.05, 0) is 77.5 Å². The molecule has 0 aliphatic carbocycles. The number of hydrogen-bond acceptors (Lipinski definition) is 0. The zero-order valence-corrected chi connectivity index (χ0v) is 24.4. The summed E-state index contributed by atoms with van der Waals surface area (Å²) in [5.41, 5.74) is 7.90. The van der Waals surface area contributed by atoms with Gasteiger partial charge >= 0.3 is 0 Å². The maximum atomic E-state index is 3.75. The van der Waals surface area contributed by atoms with Crippen molar-refractivity contribution < 1.29 is 0 Å². The van der Waals surface area contributed by atoms with Gasteiger partial charge in [-0.25, -0.2) is 0 Å². The van der Waals surface area contributed by atoms with Crippen molar-refractivity contribution in [3.8, 4) is 11.3 Å². The lowest BCUT2D eigenvalue weighted by Crippen LogP contribution is -2.20. The van der Waals surface area contributed by atoms with E-state index in [4.69, 9.17) is 0 Å². The first-order chi connectivity index (χ1) is 19.1. The molecule has 0 aliphatic rings. The second-order valence-electron chi connectivity index (χ2n) is 13.7. The summed E-state index contributed by atoms with van der Waals surface area (Å²) in [5, 5.41) is 9.34. The summed E-state index contributed by atoms with van der Waals surface area (Å²) in [4.78, 5) is 3.75. The van der Waals surface area contributed by atoms with Gasteiger partial charge in [0.2, 0.25) is 0 Å². The smallest absolute Gasteiger partial charge is 0.0464 e. The molecule has 7 rings (SSSR count). The Balaban J connectivity index is 1.37. The molecule has 1 atom stereocenters. The van der Waals surface area contributed by atoms with Crippen molar-refractivity contribution in [2.24, 2.45) is 5.41 Å². The average molecular weight is 520 g/mol. The number of rotatable bonds is 3. The van der Waals surface area contributed by atoms with Gasteiger partial charge in [0.1, 0.15) is 0 Å². The van der Waals surface area contributed by atoms with Crippen molar-refractivity contribution in [1.82, 2.24) is 4.98 Å². The molecule has 1 N–H and O–H groups in total. The zero-order chi connectivity index (χ0) is 27.8. The number of hydrogen-bond donors (Lipinski definition) is 1. The molecule has 6 aromatic carbocycles. The topological polar surface area (TPSA) is 15.8 Å². The van der Waals surface area contributed by atoms with Gasteiger partial charge in [-0.15, -0.1) is 0 Å². The molecule has 1 heteroatoms. The lowest BCUT2D eigenvalue weighted by Gasteiger charge is -2.33. The summed E-state index contributed by atoms with van der Waals surface area (Å²) >= 11 is 0. The van der Waals surface area contributed by atoms with Gasteiger partial charge in [-0.2, -0.15) is 0 Å². The minimum Gasteiger partial charge on any atom is -0.355 e. The molecule has 0 aliphatic heterocycles. The Kier molecular flexibility index (Phi) is 5.42. The van der Waals surface area contributed by atoms with E-state index in [1.165, 1.54) is 71.2 Å². The molecule has 1 unspecified atom stereocenters. The van der Waals surface area contributed by atoms with Crippen molar-refractivity contribution >= 4 is 43.2 Å². The Morgan fingerprint density at radius 3 is 1.88 bits per heavy atom. The molecule has 1 nitrogen and oxygen atoms in total. The summed E-state index contributed by atoms with van der Waals surface area (Å²) in [6, 6.07) is 38.9. The molecular formula is C39H37N. The fourth-order valence-electron chi connectivity index (χ4n) is 6.79. The normalized spacial score (nSPS) is 13.7. The minimum atomic E-state index is 0.0365. The van der Waals surface area contributed by atoms with Crippen molar-refractivity contribution in [1.29, 1.82) is 0 Å². The van der Waals surface area contributed by atoms with Crippen LogP contribution in [-0.2, 0) is 5.41 Å². The third-order valence-electron chi connectivity index (χ3n) is 8.78. The number of fused-ring (bicyclic) bond motifs is 1. The van der Waals surface area contributed by atoms with Crippen LogP contribution in [0.1, 0.15) is 64.2 Å². The first-order valence-electron chi connectivity index (χ1n) is 14.5. The van der Waals surface area contributed by atoms with E-state index < -0.39 is 0 Å². The van der Waals surface area contributed by atoms with Crippen LogP contribution in [0.4, 0.5) is 0 Å². The molecule has 0 bridgehead atoms. The molecule has 0 amide bonds. The summed E-state index contributed by atoms with van der Waals surface area (Å²) < 4.78 is 0. The van der Waals surface area contributed by atoms with Crippen LogP contribution < -0.4 is 0 Å². The van der Waals surface area contributed by atoms with E-state index in [2.05, 4.69) is 150 Å². The highest BCUT2D eigenvalue weighted by Crippen LogP contribution is 2.46.